The monoisotopic (exact) mass is 292 g/mol. The highest BCUT2D eigenvalue weighted by molar-refractivity contribution is 5.74. The third-order valence-corrected chi connectivity index (χ3v) is 3.54. The number of aliphatic hydroxyl groups excluding tert-OH is 1. The van der Waals surface area contributed by atoms with Gasteiger partial charge in [0.25, 0.3) is 0 Å². The van der Waals surface area contributed by atoms with Crippen molar-refractivity contribution >= 4 is 6.03 Å². The molecule has 2 amide bonds. The van der Waals surface area contributed by atoms with E-state index in [1.165, 1.54) is 5.56 Å². The van der Waals surface area contributed by atoms with E-state index in [0.29, 0.717) is 0 Å². The largest absolute Gasteiger partial charge is 0.391 e. The zero-order valence-corrected chi connectivity index (χ0v) is 13.5. The minimum absolute atomic E-state index is 0.0944. The topological polar surface area (TPSA) is 61.4 Å². The summed E-state index contributed by atoms with van der Waals surface area (Å²) >= 11 is 0. The summed E-state index contributed by atoms with van der Waals surface area (Å²) in [6, 6.07) is 10.1. The number of aliphatic hydroxyl groups is 1. The number of carbonyl (C=O) groups excluding carboxylic acids is 1. The van der Waals surface area contributed by atoms with Crippen molar-refractivity contribution in [3.8, 4) is 0 Å². The normalized spacial score (nSPS) is 14.3. The first-order chi connectivity index (χ1) is 9.79. The third kappa shape index (κ3) is 7.14. The number of urea groups is 1. The van der Waals surface area contributed by atoms with Gasteiger partial charge < -0.3 is 15.7 Å². The lowest BCUT2D eigenvalue weighted by Gasteiger charge is -2.26. The van der Waals surface area contributed by atoms with Gasteiger partial charge in [-0.15, -0.1) is 0 Å². The fourth-order valence-corrected chi connectivity index (χ4v) is 1.87. The highest BCUT2D eigenvalue weighted by atomic mass is 16.3. The van der Waals surface area contributed by atoms with Crippen molar-refractivity contribution in [1.29, 1.82) is 0 Å². The zero-order chi connectivity index (χ0) is 15.9. The highest BCUT2D eigenvalue weighted by Gasteiger charge is 2.22. The number of benzene rings is 1. The van der Waals surface area contributed by atoms with E-state index in [0.717, 1.165) is 12.8 Å². The summed E-state index contributed by atoms with van der Waals surface area (Å²) in [4.78, 5) is 11.8. The standard InChI is InChI=1S/C17H28N2O2/c1-13(10-11-14-8-6-5-7-9-14)19-16(21)18-12-15(20)17(2,3)4/h5-9,13,15,20H,10-12H2,1-4H3,(H2,18,19,21). The first kappa shape index (κ1) is 17.5. The second-order valence-corrected chi connectivity index (χ2v) is 6.66. The maximum Gasteiger partial charge on any atom is 0.315 e. The van der Waals surface area contributed by atoms with Crippen molar-refractivity contribution in [3.63, 3.8) is 0 Å². The van der Waals surface area contributed by atoms with Crippen LogP contribution < -0.4 is 10.6 Å². The van der Waals surface area contributed by atoms with Crippen molar-refractivity contribution in [2.24, 2.45) is 5.41 Å². The molecule has 0 aliphatic rings. The van der Waals surface area contributed by atoms with E-state index in [9.17, 15) is 9.90 Å². The summed E-state index contributed by atoms with van der Waals surface area (Å²) in [5, 5.41) is 15.5. The summed E-state index contributed by atoms with van der Waals surface area (Å²) in [5.74, 6) is 0. The Labute approximate surface area is 128 Å². The van der Waals surface area contributed by atoms with Gasteiger partial charge >= 0.3 is 6.03 Å². The van der Waals surface area contributed by atoms with Crippen LogP contribution in [0.5, 0.6) is 0 Å². The van der Waals surface area contributed by atoms with Crippen LogP contribution in [-0.4, -0.2) is 29.8 Å². The van der Waals surface area contributed by atoms with Gasteiger partial charge in [0, 0.05) is 12.6 Å². The fraction of sp³-hybridized carbons (Fsp3) is 0.588. The molecular weight excluding hydrogens is 264 g/mol. The molecule has 0 fully saturated rings. The number of nitrogens with one attached hydrogen (secondary N) is 2. The molecule has 0 spiro atoms. The molecule has 0 radical (unpaired) electrons. The molecule has 3 N–H and O–H groups in total. The number of amides is 2. The van der Waals surface area contributed by atoms with Crippen LogP contribution in [0.25, 0.3) is 0 Å². The third-order valence-electron chi connectivity index (χ3n) is 3.54. The predicted molar refractivity (Wildman–Crippen MR) is 86.2 cm³/mol. The van der Waals surface area contributed by atoms with Crippen LogP contribution in [0.3, 0.4) is 0 Å². The van der Waals surface area contributed by atoms with Crippen molar-refractivity contribution in [2.75, 3.05) is 6.54 Å². The van der Waals surface area contributed by atoms with E-state index in [-0.39, 0.29) is 24.0 Å². The lowest BCUT2D eigenvalue weighted by Crippen LogP contribution is -2.46. The molecule has 0 saturated heterocycles. The Morgan fingerprint density at radius 1 is 1.24 bits per heavy atom. The number of carbonyl (C=O) groups is 1. The zero-order valence-electron chi connectivity index (χ0n) is 13.5. The van der Waals surface area contributed by atoms with Crippen LogP contribution in [0.15, 0.2) is 30.3 Å². The van der Waals surface area contributed by atoms with E-state index >= 15 is 0 Å². The Hall–Kier alpha value is -1.55. The molecule has 4 nitrogen and oxygen atoms in total. The van der Waals surface area contributed by atoms with E-state index in [1.807, 2.05) is 45.9 Å². The maximum absolute atomic E-state index is 11.8. The Morgan fingerprint density at radius 2 is 1.86 bits per heavy atom. The Balaban J connectivity index is 2.25. The van der Waals surface area contributed by atoms with Gasteiger partial charge in [-0.2, -0.15) is 0 Å². The van der Waals surface area contributed by atoms with Crippen LogP contribution >= 0.6 is 0 Å². The smallest absolute Gasteiger partial charge is 0.315 e. The number of hydrogen-bond acceptors (Lipinski definition) is 2. The summed E-state index contributed by atoms with van der Waals surface area (Å²) in [5.41, 5.74) is 1.04. The van der Waals surface area contributed by atoms with E-state index in [1.54, 1.807) is 0 Å². The molecule has 2 unspecified atom stereocenters. The quantitative estimate of drug-likeness (QED) is 0.755. The van der Waals surface area contributed by atoms with Gasteiger partial charge in [0.1, 0.15) is 0 Å². The minimum Gasteiger partial charge on any atom is -0.391 e. The number of aryl methyl sites for hydroxylation is 1. The number of hydrogen-bond donors (Lipinski definition) is 3. The molecule has 0 heterocycles. The van der Waals surface area contributed by atoms with Gasteiger partial charge in [-0.05, 0) is 30.7 Å². The fourth-order valence-electron chi connectivity index (χ4n) is 1.87. The molecule has 0 aliphatic heterocycles. The summed E-state index contributed by atoms with van der Waals surface area (Å²) in [6.07, 6.45) is 1.27. The van der Waals surface area contributed by atoms with Crippen LogP contribution in [0.4, 0.5) is 4.79 Å². The molecule has 1 rings (SSSR count). The van der Waals surface area contributed by atoms with Crippen molar-refractivity contribution in [3.05, 3.63) is 35.9 Å². The van der Waals surface area contributed by atoms with Gasteiger partial charge in [0.2, 0.25) is 0 Å². The van der Waals surface area contributed by atoms with Crippen molar-refractivity contribution < 1.29 is 9.90 Å². The molecule has 1 aromatic carbocycles. The second kappa shape index (κ2) is 8.03. The Kier molecular flexibility index (Phi) is 6.69. The van der Waals surface area contributed by atoms with Gasteiger partial charge in [0.05, 0.1) is 6.10 Å². The molecule has 118 valence electrons. The van der Waals surface area contributed by atoms with Gasteiger partial charge in [0.15, 0.2) is 0 Å². The average Bonchev–Trinajstić information content (AvgIpc) is 2.42. The first-order valence-corrected chi connectivity index (χ1v) is 7.55. The van der Waals surface area contributed by atoms with Crippen LogP contribution in [0.2, 0.25) is 0 Å². The maximum atomic E-state index is 11.8. The van der Waals surface area contributed by atoms with Crippen LogP contribution in [0.1, 0.15) is 39.7 Å². The Bertz CT molecular complexity index is 426. The number of rotatable bonds is 6. The highest BCUT2D eigenvalue weighted by Crippen LogP contribution is 2.17. The molecule has 4 heteroatoms. The SMILES string of the molecule is CC(CCc1ccccc1)NC(=O)NCC(O)C(C)(C)C. The first-order valence-electron chi connectivity index (χ1n) is 7.55. The van der Waals surface area contributed by atoms with Gasteiger partial charge in [-0.1, -0.05) is 51.1 Å². The second-order valence-electron chi connectivity index (χ2n) is 6.66. The molecule has 0 aliphatic carbocycles. The molecule has 0 saturated carbocycles. The molecule has 1 aromatic rings. The van der Waals surface area contributed by atoms with Crippen LogP contribution in [-0.2, 0) is 6.42 Å². The molecule has 0 aromatic heterocycles. The van der Waals surface area contributed by atoms with E-state index in [2.05, 4.69) is 22.8 Å². The van der Waals surface area contributed by atoms with Gasteiger partial charge in [-0.3, -0.25) is 0 Å². The summed E-state index contributed by atoms with van der Waals surface area (Å²) < 4.78 is 0. The summed E-state index contributed by atoms with van der Waals surface area (Å²) in [7, 11) is 0. The average molecular weight is 292 g/mol. The van der Waals surface area contributed by atoms with E-state index < -0.39 is 6.10 Å². The minimum atomic E-state index is -0.553. The predicted octanol–water partition coefficient (Wildman–Crippen LogP) is 2.71. The lowest BCUT2D eigenvalue weighted by atomic mass is 9.89. The summed E-state index contributed by atoms with van der Waals surface area (Å²) in [6.45, 7) is 8.09. The van der Waals surface area contributed by atoms with Crippen LogP contribution in [0, 0.1) is 5.41 Å². The van der Waals surface area contributed by atoms with Crippen molar-refractivity contribution in [2.45, 2.75) is 52.7 Å². The van der Waals surface area contributed by atoms with E-state index in [4.69, 9.17) is 0 Å². The molecular formula is C17H28N2O2. The molecule has 2 atom stereocenters. The molecule has 21 heavy (non-hydrogen) atoms. The Morgan fingerprint density at radius 3 is 2.43 bits per heavy atom. The van der Waals surface area contributed by atoms with Crippen molar-refractivity contribution in [1.82, 2.24) is 10.6 Å². The molecule has 0 bridgehead atoms. The van der Waals surface area contributed by atoms with Gasteiger partial charge in [-0.25, -0.2) is 4.79 Å². The lowest BCUT2D eigenvalue weighted by molar-refractivity contribution is 0.0649.